The lowest BCUT2D eigenvalue weighted by molar-refractivity contribution is -0.137. The lowest BCUT2D eigenvalue weighted by Crippen LogP contribution is -2.42. The molecule has 0 spiro atoms. The molecule has 1 aromatic heterocycles. The molecule has 0 atom stereocenters. The summed E-state index contributed by atoms with van der Waals surface area (Å²) in [5.74, 6) is 0.138. The minimum Gasteiger partial charge on any atom is -0.382 e. The van der Waals surface area contributed by atoms with Gasteiger partial charge in [-0.15, -0.1) is 0 Å². The zero-order valence-corrected chi connectivity index (χ0v) is 11.6. The lowest BCUT2D eigenvalue weighted by atomic mass is 10.0. The minimum atomic E-state index is -4.40. The van der Waals surface area contributed by atoms with Crippen LogP contribution >= 0.6 is 0 Å². The minimum absolute atomic E-state index is 0.138. The first-order chi connectivity index (χ1) is 9.29. The van der Waals surface area contributed by atoms with E-state index in [1.165, 1.54) is 0 Å². The molecule has 2 rings (SSSR count). The van der Waals surface area contributed by atoms with Crippen LogP contribution in [-0.2, 0) is 6.18 Å². The van der Waals surface area contributed by atoms with Crippen molar-refractivity contribution in [2.75, 3.05) is 37.8 Å². The molecule has 4 nitrogen and oxygen atoms in total. The first kappa shape index (κ1) is 14.9. The summed E-state index contributed by atoms with van der Waals surface area (Å²) < 4.78 is 38.3. The van der Waals surface area contributed by atoms with Crippen LogP contribution in [0.25, 0.3) is 0 Å². The number of hydrogen-bond acceptors (Lipinski definition) is 4. The number of alkyl halides is 3. The molecule has 0 aromatic carbocycles. The van der Waals surface area contributed by atoms with E-state index in [1.807, 2.05) is 11.9 Å². The average molecular weight is 288 g/mol. The monoisotopic (exact) mass is 288 g/mol. The number of hydrogen-bond donors (Lipinski definition) is 1. The Morgan fingerprint density at radius 1 is 1.35 bits per heavy atom. The van der Waals surface area contributed by atoms with Gasteiger partial charge in [-0.05, 0) is 39.0 Å². The number of piperidine rings is 1. The summed E-state index contributed by atoms with van der Waals surface area (Å²) in [5.41, 5.74) is 5.33. The molecule has 0 bridgehead atoms. The fourth-order valence-corrected chi connectivity index (χ4v) is 2.48. The van der Waals surface area contributed by atoms with Crippen molar-refractivity contribution in [2.45, 2.75) is 25.1 Å². The Morgan fingerprint density at radius 2 is 1.95 bits per heavy atom. The van der Waals surface area contributed by atoms with E-state index >= 15 is 0 Å². The maximum atomic E-state index is 12.8. The van der Waals surface area contributed by atoms with Crippen molar-refractivity contribution in [3.8, 4) is 0 Å². The summed E-state index contributed by atoms with van der Waals surface area (Å²) >= 11 is 0. The number of rotatable bonds is 2. The van der Waals surface area contributed by atoms with Crippen molar-refractivity contribution in [1.29, 1.82) is 0 Å². The number of anilines is 2. The zero-order valence-electron chi connectivity index (χ0n) is 11.6. The van der Waals surface area contributed by atoms with Crippen LogP contribution in [0.3, 0.4) is 0 Å². The van der Waals surface area contributed by atoms with Crippen LogP contribution in [0, 0.1) is 0 Å². The van der Waals surface area contributed by atoms with Gasteiger partial charge in [0.2, 0.25) is 0 Å². The summed E-state index contributed by atoms with van der Waals surface area (Å²) in [6.45, 7) is 1.86. The maximum absolute atomic E-state index is 12.8. The van der Waals surface area contributed by atoms with Crippen molar-refractivity contribution >= 4 is 11.5 Å². The SMILES string of the molecule is CN1CCC(N(C)c2cc(C(F)(F)F)cnc2N)CC1. The highest BCUT2D eigenvalue weighted by Gasteiger charge is 2.32. The molecule has 1 saturated heterocycles. The van der Waals surface area contributed by atoms with E-state index in [9.17, 15) is 13.2 Å². The second kappa shape index (κ2) is 5.47. The Bertz CT molecular complexity index is 467. The highest BCUT2D eigenvalue weighted by atomic mass is 19.4. The molecular formula is C13H19F3N4. The fraction of sp³-hybridized carbons (Fsp3) is 0.615. The Labute approximate surface area is 116 Å². The van der Waals surface area contributed by atoms with Crippen molar-refractivity contribution in [1.82, 2.24) is 9.88 Å². The molecule has 7 heteroatoms. The lowest BCUT2D eigenvalue weighted by Gasteiger charge is -2.36. The van der Waals surface area contributed by atoms with Crippen molar-refractivity contribution in [3.63, 3.8) is 0 Å². The highest BCUT2D eigenvalue weighted by Crippen LogP contribution is 2.34. The first-order valence-electron chi connectivity index (χ1n) is 6.53. The molecule has 0 unspecified atom stereocenters. The first-order valence-corrected chi connectivity index (χ1v) is 6.53. The van der Waals surface area contributed by atoms with E-state index in [1.54, 1.807) is 7.05 Å². The van der Waals surface area contributed by atoms with Gasteiger partial charge in [0.05, 0.1) is 11.3 Å². The van der Waals surface area contributed by atoms with Crippen molar-refractivity contribution in [2.24, 2.45) is 0 Å². The van der Waals surface area contributed by atoms with Gasteiger partial charge in [0.25, 0.3) is 0 Å². The van der Waals surface area contributed by atoms with Crippen molar-refractivity contribution in [3.05, 3.63) is 17.8 Å². The normalized spacial score (nSPS) is 18.2. The molecule has 2 N–H and O–H groups in total. The van der Waals surface area contributed by atoms with E-state index in [4.69, 9.17) is 5.73 Å². The Morgan fingerprint density at radius 3 is 2.50 bits per heavy atom. The molecule has 1 aliphatic heterocycles. The predicted molar refractivity (Wildman–Crippen MR) is 72.6 cm³/mol. The average Bonchev–Trinajstić information content (AvgIpc) is 2.38. The largest absolute Gasteiger partial charge is 0.417 e. The highest BCUT2D eigenvalue weighted by molar-refractivity contribution is 5.64. The van der Waals surface area contributed by atoms with E-state index in [0.717, 1.165) is 38.2 Å². The quantitative estimate of drug-likeness (QED) is 0.906. The van der Waals surface area contributed by atoms with Crippen LogP contribution < -0.4 is 10.6 Å². The molecular weight excluding hydrogens is 269 g/mol. The van der Waals surface area contributed by atoms with E-state index < -0.39 is 11.7 Å². The second-order valence-electron chi connectivity index (χ2n) is 5.27. The smallest absolute Gasteiger partial charge is 0.382 e. The van der Waals surface area contributed by atoms with Gasteiger partial charge in [-0.2, -0.15) is 13.2 Å². The number of nitrogen functional groups attached to an aromatic ring is 1. The van der Waals surface area contributed by atoms with Crippen LogP contribution in [0.4, 0.5) is 24.7 Å². The van der Waals surface area contributed by atoms with Gasteiger partial charge in [-0.1, -0.05) is 0 Å². The van der Waals surface area contributed by atoms with Crippen LogP contribution in [0.1, 0.15) is 18.4 Å². The summed E-state index contributed by atoms with van der Waals surface area (Å²) in [6.07, 6.45) is -1.81. The van der Waals surface area contributed by atoms with E-state index in [0.29, 0.717) is 5.69 Å². The summed E-state index contributed by atoms with van der Waals surface area (Å²) in [7, 11) is 3.82. The van der Waals surface area contributed by atoms with E-state index in [2.05, 4.69) is 9.88 Å². The zero-order chi connectivity index (χ0) is 14.9. The number of nitrogens with zero attached hydrogens (tertiary/aromatic N) is 3. The summed E-state index contributed by atoms with van der Waals surface area (Å²) in [5, 5.41) is 0. The van der Waals surface area contributed by atoms with Gasteiger partial charge in [0, 0.05) is 19.3 Å². The Hall–Kier alpha value is -1.50. The molecule has 112 valence electrons. The molecule has 0 radical (unpaired) electrons. The Balaban J connectivity index is 2.22. The van der Waals surface area contributed by atoms with Crippen LogP contribution in [-0.4, -0.2) is 43.1 Å². The molecule has 0 saturated carbocycles. The number of aromatic nitrogens is 1. The molecule has 0 aliphatic carbocycles. The number of likely N-dealkylation sites (tertiary alicyclic amines) is 1. The van der Waals surface area contributed by atoms with Gasteiger partial charge in [0.15, 0.2) is 0 Å². The van der Waals surface area contributed by atoms with Gasteiger partial charge < -0.3 is 15.5 Å². The molecule has 1 aromatic rings. The molecule has 2 heterocycles. The van der Waals surface area contributed by atoms with Gasteiger partial charge in [-0.3, -0.25) is 0 Å². The van der Waals surface area contributed by atoms with Crippen LogP contribution in [0.2, 0.25) is 0 Å². The third kappa shape index (κ3) is 3.15. The van der Waals surface area contributed by atoms with Crippen LogP contribution in [0.5, 0.6) is 0 Å². The molecule has 0 amide bonds. The van der Waals surface area contributed by atoms with Gasteiger partial charge in [-0.25, -0.2) is 4.98 Å². The standard InChI is InChI=1S/C13H19F3N4/c1-19-5-3-10(4-6-19)20(2)11-7-9(13(14,15)16)8-18-12(11)17/h7-8,10H,3-6H2,1-2H3,(H2,17,18). The second-order valence-corrected chi connectivity index (χ2v) is 5.27. The van der Waals surface area contributed by atoms with Gasteiger partial charge >= 0.3 is 6.18 Å². The molecule has 1 fully saturated rings. The number of pyridine rings is 1. The number of halogens is 3. The van der Waals surface area contributed by atoms with Gasteiger partial charge in [0.1, 0.15) is 5.82 Å². The summed E-state index contributed by atoms with van der Waals surface area (Å²) in [4.78, 5) is 7.71. The fourth-order valence-electron chi connectivity index (χ4n) is 2.48. The third-order valence-electron chi connectivity index (χ3n) is 3.84. The molecule has 1 aliphatic rings. The third-order valence-corrected chi connectivity index (χ3v) is 3.84. The predicted octanol–water partition coefficient (Wildman–Crippen LogP) is 2.21. The Kier molecular flexibility index (Phi) is 4.08. The topological polar surface area (TPSA) is 45.4 Å². The molecule has 20 heavy (non-hydrogen) atoms. The van der Waals surface area contributed by atoms with E-state index in [-0.39, 0.29) is 11.9 Å². The summed E-state index contributed by atoms with van der Waals surface area (Å²) in [6, 6.07) is 1.28. The maximum Gasteiger partial charge on any atom is 0.417 e. The van der Waals surface area contributed by atoms with Crippen molar-refractivity contribution < 1.29 is 13.2 Å². The van der Waals surface area contributed by atoms with Crippen LogP contribution in [0.15, 0.2) is 12.3 Å². The number of nitrogens with two attached hydrogens (primary N) is 1.